The maximum absolute atomic E-state index is 12.3. The highest BCUT2D eigenvalue weighted by atomic mass is 32.2. The van der Waals surface area contributed by atoms with Crippen molar-refractivity contribution in [1.82, 2.24) is 24.7 Å². The third kappa shape index (κ3) is 2.82. The van der Waals surface area contributed by atoms with E-state index in [-0.39, 0.29) is 10.8 Å². The van der Waals surface area contributed by atoms with E-state index in [2.05, 4.69) is 20.2 Å². The van der Waals surface area contributed by atoms with Crippen LogP contribution in [0.2, 0.25) is 0 Å². The molecular weight excluding hydrogens is 350 g/mol. The predicted octanol–water partition coefficient (Wildman–Crippen LogP) is 3.47. The smallest absolute Gasteiger partial charge is 0.258 e. The molecule has 132 valence electrons. The number of fused-ring (bicyclic) bond motifs is 1. The van der Waals surface area contributed by atoms with E-state index in [9.17, 15) is 4.79 Å². The summed E-state index contributed by atoms with van der Waals surface area (Å²) in [6.07, 6.45) is 1.64. The first-order valence-electron chi connectivity index (χ1n) is 8.14. The molecule has 1 aromatic carbocycles. The number of nitrogens with zero attached hydrogens (tertiary/aromatic N) is 4. The predicted molar refractivity (Wildman–Crippen MR) is 100 cm³/mol. The highest BCUT2D eigenvalue weighted by Crippen LogP contribution is 2.33. The van der Waals surface area contributed by atoms with Gasteiger partial charge < -0.3 is 14.0 Å². The molecule has 0 radical (unpaired) electrons. The van der Waals surface area contributed by atoms with Crippen molar-refractivity contribution in [2.45, 2.75) is 24.3 Å². The van der Waals surface area contributed by atoms with Crippen LogP contribution in [0.4, 0.5) is 0 Å². The molecular formula is C18H17N5O2S. The number of para-hydroxylation sites is 1. The molecule has 3 heterocycles. The maximum atomic E-state index is 12.3. The average Bonchev–Trinajstić information content (AvgIpc) is 3.21. The standard InChI is InChI=1S/C18H17N5O2S/c1-10-12(8-9-25-10)16-21-22-18(23(16)3)26-11(2)15-19-14-7-5-4-6-13(14)17(24)20-15/h4-9,11H,1-3H3,(H,19,20,24). The van der Waals surface area contributed by atoms with Gasteiger partial charge in [-0.3, -0.25) is 4.79 Å². The van der Waals surface area contributed by atoms with Gasteiger partial charge >= 0.3 is 0 Å². The molecule has 7 nitrogen and oxygen atoms in total. The number of benzene rings is 1. The molecule has 8 heteroatoms. The van der Waals surface area contributed by atoms with Crippen molar-refractivity contribution in [3.63, 3.8) is 0 Å². The van der Waals surface area contributed by atoms with Crippen LogP contribution >= 0.6 is 11.8 Å². The van der Waals surface area contributed by atoms with Crippen LogP contribution in [-0.2, 0) is 7.05 Å². The molecule has 0 fully saturated rings. The summed E-state index contributed by atoms with van der Waals surface area (Å²) in [5.41, 5.74) is 1.47. The van der Waals surface area contributed by atoms with Crippen LogP contribution in [0.3, 0.4) is 0 Å². The molecule has 1 atom stereocenters. The number of aryl methyl sites for hydroxylation is 1. The Morgan fingerprint density at radius 2 is 2.04 bits per heavy atom. The molecule has 0 saturated carbocycles. The molecule has 0 spiro atoms. The molecule has 0 aliphatic heterocycles. The van der Waals surface area contributed by atoms with Gasteiger partial charge in [0.05, 0.1) is 28.0 Å². The minimum atomic E-state index is -0.134. The van der Waals surface area contributed by atoms with E-state index in [1.54, 1.807) is 12.3 Å². The number of thioether (sulfide) groups is 1. The topological polar surface area (TPSA) is 89.6 Å². The van der Waals surface area contributed by atoms with E-state index in [0.29, 0.717) is 16.7 Å². The van der Waals surface area contributed by atoms with Gasteiger partial charge in [-0.15, -0.1) is 10.2 Å². The SMILES string of the molecule is Cc1occc1-c1nnc(SC(C)c2nc3ccccc3c(=O)[nH]2)n1C. The lowest BCUT2D eigenvalue weighted by atomic mass is 10.2. The number of hydrogen-bond donors (Lipinski definition) is 1. The van der Waals surface area contributed by atoms with Gasteiger partial charge in [0, 0.05) is 7.05 Å². The van der Waals surface area contributed by atoms with E-state index in [0.717, 1.165) is 22.3 Å². The fraction of sp³-hybridized carbons (Fsp3) is 0.222. The van der Waals surface area contributed by atoms with Crippen molar-refractivity contribution in [3.05, 3.63) is 58.5 Å². The first-order chi connectivity index (χ1) is 12.5. The summed E-state index contributed by atoms with van der Waals surface area (Å²) in [4.78, 5) is 19.7. The van der Waals surface area contributed by atoms with E-state index in [1.165, 1.54) is 11.8 Å². The zero-order valence-corrected chi connectivity index (χ0v) is 15.4. The van der Waals surface area contributed by atoms with Crippen LogP contribution < -0.4 is 5.56 Å². The van der Waals surface area contributed by atoms with Crippen molar-refractivity contribution in [3.8, 4) is 11.4 Å². The molecule has 3 aromatic heterocycles. The minimum Gasteiger partial charge on any atom is -0.469 e. The summed E-state index contributed by atoms with van der Waals surface area (Å²) in [6, 6.07) is 9.19. The fourth-order valence-corrected chi connectivity index (χ4v) is 3.65. The van der Waals surface area contributed by atoms with Crippen LogP contribution in [0.1, 0.15) is 23.8 Å². The van der Waals surface area contributed by atoms with Crippen LogP contribution in [0.25, 0.3) is 22.3 Å². The van der Waals surface area contributed by atoms with Crippen molar-refractivity contribution in [1.29, 1.82) is 0 Å². The third-order valence-corrected chi connectivity index (χ3v) is 5.38. The largest absolute Gasteiger partial charge is 0.469 e. The van der Waals surface area contributed by atoms with Crippen molar-refractivity contribution >= 4 is 22.7 Å². The second-order valence-electron chi connectivity index (χ2n) is 5.98. The van der Waals surface area contributed by atoms with Crippen molar-refractivity contribution in [2.75, 3.05) is 0 Å². The van der Waals surface area contributed by atoms with Crippen LogP contribution in [0.15, 0.2) is 51.0 Å². The molecule has 4 rings (SSSR count). The summed E-state index contributed by atoms with van der Waals surface area (Å²) in [7, 11) is 1.91. The number of furan rings is 1. The van der Waals surface area contributed by atoms with E-state index in [4.69, 9.17) is 4.42 Å². The number of aromatic amines is 1. The first kappa shape index (κ1) is 16.6. The minimum absolute atomic E-state index is 0.0893. The Balaban J connectivity index is 1.65. The molecule has 0 aliphatic carbocycles. The van der Waals surface area contributed by atoms with Gasteiger partial charge in [0.25, 0.3) is 5.56 Å². The van der Waals surface area contributed by atoms with Gasteiger partial charge in [-0.25, -0.2) is 4.98 Å². The molecule has 4 aromatic rings. The van der Waals surface area contributed by atoms with Gasteiger partial charge in [0.1, 0.15) is 11.6 Å². The van der Waals surface area contributed by atoms with Crippen LogP contribution in [0.5, 0.6) is 0 Å². The quantitative estimate of drug-likeness (QED) is 0.556. The zero-order chi connectivity index (χ0) is 18.3. The maximum Gasteiger partial charge on any atom is 0.258 e. The third-order valence-electron chi connectivity index (χ3n) is 4.23. The monoisotopic (exact) mass is 367 g/mol. The summed E-state index contributed by atoms with van der Waals surface area (Å²) in [5, 5.41) is 9.79. The Bertz CT molecular complexity index is 1140. The summed E-state index contributed by atoms with van der Waals surface area (Å²) in [5.74, 6) is 2.15. The van der Waals surface area contributed by atoms with Gasteiger partial charge in [0.15, 0.2) is 11.0 Å². The Hall–Kier alpha value is -2.87. The number of nitrogens with one attached hydrogen (secondary N) is 1. The van der Waals surface area contributed by atoms with E-state index >= 15 is 0 Å². The summed E-state index contributed by atoms with van der Waals surface area (Å²) >= 11 is 1.49. The highest BCUT2D eigenvalue weighted by molar-refractivity contribution is 7.99. The molecule has 0 amide bonds. The first-order valence-corrected chi connectivity index (χ1v) is 9.02. The van der Waals surface area contributed by atoms with Gasteiger partial charge in [-0.1, -0.05) is 23.9 Å². The number of aromatic nitrogens is 5. The van der Waals surface area contributed by atoms with E-state index < -0.39 is 0 Å². The molecule has 0 aliphatic rings. The van der Waals surface area contributed by atoms with Crippen molar-refractivity contribution < 1.29 is 4.42 Å². The van der Waals surface area contributed by atoms with Crippen LogP contribution in [0, 0.1) is 6.92 Å². The number of hydrogen-bond acceptors (Lipinski definition) is 6. The zero-order valence-electron chi connectivity index (χ0n) is 14.6. The molecule has 1 N–H and O–H groups in total. The Labute approximate surface area is 153 Å². The van der Waals surface area contributed by atoms with Gasteiger partial charge in [-0.05, 0) is 32.0 Å². The lowest BCUT2D eigenvalue weighted by Crippen LogP contribution is -2.13. The summed E-state index contributed by atoms with van der Waals surface area (Å²) < 4.78 is 7.26. The molecule has 26 heavy (non-hydrogen) atoms. The normalized spacial score (nSPS) is 12.6. The number of rotatable bonds is 4. The second-order valence-corrected chi connectivity index (χ2v) is 7.29. The average molecular weight is 367 g/mol. The molecule has 0 saturated heterocycles. The lowest BCUT2D eigenvalue weighted by Gasteiger charge is -2.11. The van der Waals surface area contributed by atoms with Crippen LogP contribution in [-0.4, -0.2) is 24.7 Å². The number of H-pyrrole nitrogens is 1. The van der Waals surface area contributed by atoms with Crippen molar-refractivity contribution in [2.24, 2.45) is 7.05 Å². The molecule has 0 bridgehead atoms. The second kappa shape index (κ2) is 6.45. The Morgan fingerprint density at radius 1 is 1.23 bits per heavy atom. The molecule has 1 unspecified atom stereocenters. The fourth-order valence-electron chi connectivity index (χ4n) is 2.78. The van der Waals surface area contributed by atoms with Gasteiger partial charge in [0.2, 0.25) is 0 Å². The lowest BCUT2D eigenvalue weighted by molar-refractivity contribution is 0.534. The highest BCUT2D eigenvalue weighted by Gasteiger charge is 2.19. The summed E-state index contributed by atoms with van der Waals surface area (Å²) in [6.45, 7) is 3.87. The Kier molecular flexibility index (Phi) is 4.12. The van der Waals surface area contributed by atoms with Gasteiger partial charge in [-0.2, -0.15) is 0 Å². The Morgan fingerprint density at radius 3 is 2.81 bits per heavy atom. The van der Waals surface area contributed by atoms with E-state index in [1.807, 2.05) is 49.7 Å².